The Labute approximate surface area is 166 Å². The fourth-order valence-electron chi connectivity index (χ4n) is 2.96. The molecule has 1 aromatic carbocycles. The van der Waals surface area contributed by atoms with Crippen molar-refractivity contribution in [2.45, 2.75) is 19.9 Å². The highest BCUT2D eigenvalue weighted by Gasteiger charge is 2.21. The number of rotatable bonds is 6. The van der Waals surface area contributed by atoms with Crippen molar-refractivity contribution >= 4 is 28.7 Å². The second kappa shape index (κ2) is 7.82. The maximum atomic E-state index is 11.9. The molecule has 0 N–H and O–H groups in total. The Morgan fingerprint density at radius 2 is 2.00 bits per heavy atom. The zero-order valence-corrected chi connectivity index (χ0v) is 15.9. The summed E-state index contributed by atoms with van der Waals surface area (Å²) in [6.45, 7) is 2.62. The van der Waals surface area contributed by atoms with Crippen LogP contribution >= 0.6 is 11.6 Å². The number of furan rings is 1. The molecule has 0 atom stereocenters. The van der Waals surface area contributed by atoms with Gasteiger partial charge < -0.3 is 13.7 Å². The van der Waals surface area contributed by atoms with Gasteiger partial charge in [0.1, 0.15) is 11.8 Å². The molecule has 0 amide bonds. The molecule has 4 aromatic rings. The SMILES string of the molecule is CCOC(=O)c1ccc(-c2nc3c(Cl)ncnc3n2CCc2ccccc2)o1. The molecule has 142 valence electrons. The lowest BCUT2D eigenvalue weighted by Crippen LogP contribution is -2.05. The predicted octanol–water partition coefficient (Wildman–Crippen LogP) is 4.16. The third kappa shape index (κ3) is 3.48. The Kier molecular flexibility index (Phi) is 5.08. The van der Waals surface area contributed by atoms with Gasteiger partial charge >= 0.3 is 5.97 Å². The molecule has 7 nitrogen and oxygen atoms in total. The third-order valence-electron chi connectivity index (χ3n) is 4.26. The van der Waals surface area contributed by atoms with E-state index < -0.39 is 5.97 Å². The third-order valence-corrected chi connectivity index (χ3v) is 4.53. The molecule has 0 spiro atoms. The fourth-order valence-corrected chi connectivity index (χ4v) is 3.13. The number of hydrogen-bond acceptors (Lipinski definition) is 6. The smallest absolute Gasteiger partial charge is 0.374 e. The standard InChI is InChI=1S/C20H17ClN4O3/c1-2-27-20(26)15-9-8-14(28-15)18-24-16-17(21)22-12-23-19(16)25(18)11-10-13-6-4-3-5-7-13/h3-9,12H,2,10-11H2,1H3. The molecule has 3 heterocycles. The van der Waals surface area contributed by atoms with Crippen LogP contribution in [0.4, 0.5) is 0 Å². The molecule has 3 aromatic heterocycles. The van der Waals surface area contributed by atoms with Crippen molar-refractivity contribution in [1.82, 2.24) is 19.5 Å². The average Bonchev–Trinajstić information content (AvgIpc) is 3.33. The molecule has 0 aliphatic rings. The lowest BCUT2D eigenvalue weighted by Gasteiger charge is -2.07. The lowest BCUT2D eigenvalue weighted by atomic mass is 10.1. The van der Waals surface area contributed by atoms with Crippen LogP contribution in [0.15, 0.2) is 53.2 Å². The molecule has 0 saturated carbocycles. The minimum absolute atomic E-state index is 0.121. The second-order valence-electron chi connectivity index (χ2n) is 6.04. The summed E-state index contributed by atoms with van der Waals surface area (Å²) in [4.78, 5) is 24.8. The van der Waals surface area contributed by atoms with Gasteiger partial charge in [-0.05, 0) is 31.0 Å². The summed E-state index contributed by atoms with van der Waals surface area (Å²) in [5, 5.41) is 0.266. The highest BCUT2D eigenvalue weighted by molar-refractivity contribution is 6.33. The summed E-state index contributed by atoms with van der Waals surface area (Å²) in [6.07, 6.45) is 2.17. The van der Waals surface area contributed by atoms with Crippen LogP contribution in [0.5, 0.6) is 0 Å². The van der Waals surface area contributed by atoms with Gasteiger partial charge in [-0.1, -0.05) is 41.9 Å². The molecule has 0 radical (unpaired) electrons. The number of carbonyl (C=O) groups excluding carboxylic acids is 1. The van der Waals surface area contributed by atoms with Crippen molar-refractivity contribution < 1.29 is 13.9 Å². The molecule has 28 heavy (non-hydrogen) atoms. The number of fused-ring (bicyclic) bond motifs is 1. The minimum Gasteiger partial charge on any atom is -0.460 e. The molecule has 4 rings (SSSR count). The largest absolute Gasteiger partial charge is 0.460 e. The molecular weight excluding hydrogens is 380 g/mol. The van der Waals surface area contributed by atoms with E-state index in [0.29, 0.717) is 29.3 Å². The molecule has 0 aliphatic carbocycles. The molecular formula is C20H17ClN4O3. The van der Waals surface area contributed by atoms with Gasteiger partial charge in [0.05, 0.1) is 6.61 Å². The number of carbonyl (C=O) groups is 1. The van der Waals surface area contributed by atoms with Crippen molar-refractivity contribution in [2.75, 3.05) is 6.61 Å². The predicted molar refractivity (Wildman–Crippen MR) is 104 cm³/mol. The highest BCUT2D eigenvalue weighted by Crippen LogP contribution is 2.28. The van der Waals surface area contributed by atoms with Crippen LogP contribution in [0.3, 0.4) is 0 Å². The van der Waals surface area contributed by atoms with E-state index in [1.165, 1.54) is 11.9 Å². The summed E-state index contributed by atoms with van der Waals surface area (Å²) < 4.78 is 12.6. The first-order valence-electron chi connectivity index (χ1n) is 8.85. The topological polar surface area (TPSA) is 83.0 Å². The van der Waals surface area contributed by atoms with Gasteiger partial charge in [-0.3, -0.25) is 0 Å². The number of aryl methyl sites for hydroxylation is 2. The van der Waals surface area contributed by atoms with E-state index >= 15 is 0 Å². The van der Waals surface area contributed by atoms with Gasteiger partial charge in [-0.2, -0.15) is 0 Å². The van der Waals surface area contributed by atoms with Crippen molar-refractivity contribution in [3.63, 3.8) is 0 Å². The number of benzene rings is 1. The van der Waals surface area contributed by atoms with Crippen LogP contribution in [0, 0.1) is 0 Å². The summed E-state index contributed by atoms with van der Waals surface area (Å²) in [5.41, 5.74) is 2.28. The summed E-state index contributed by atoms with van der Waals surface area (Å²) in [7, 11) is 0. The maximum absolute atomic E-state index is 11.9. The van der Waals surface area contributed by atoms with E-state index in [-0.39, 0.29) is 17.5 Å². The van der Waals surface area contributed by atoms with Gasteiger partial charge in [0.2, 0.25) is 5.76 Å². The Balaban J connectivity index is 1.75. The van der Waals surface area contributed by atoms with Gasteiger partial charge in [0.15, 0.2) is 22.4 Å². The Hall–Kier alpha value is -3.19. The van der Waals surface area contributed by atoms with Crippen molar-refractivity contribution in [1.29, 1.82) is 0 Å². The van der Waals surface area contributed by atoms with Gasteiger partial charge in [0, 0.05) is 6.54 Å². The summed E-state index contributed by atoms with van der Waals surface area (Å²) in [6, 6.07) is 13.4. The monoisotopic (exact) mass is 396 g/mol. The normalized spacial score (nSPS) is 11.1. The number of imidazole rings is 1. The molecule has 0 saturated heterocycles. The quantitative estimate of drug-likeness (QED) is 0.359. The maximum Gasteiger partial charge on any atom is 0.374 e. The number of aromatic nitrogens is 4. The van der Waals surface area contributed by atoms with Crippen LogP contribution in [0.25, 0.3) is 22.7 Å². The van der Waals surface area contributed by atoms with E-state index in [2.05, 4.69) is 27.1 Å². The van der Waals surface area contributed by atoms with Gasteiger partial charge in [0.25, 0.3) is 0 Å². The van der Waals surface area contributed by atoms with Crippen molar-refractivity contribution in [3.8, 4) is 11.6 Å². The van der Waals surface area contributed by atoms with Crippen molar-refractivity contribution in [2.24, 2.45) is 0 Å². The number of nitrogens with zero attached hydrogens (tertiary/aromatic N) is 4. The van der Waals surface area contributed by atoms with E-state index in [4.69, 9.17) is 20.8 Å². The summed E-state index contributed by atoms with van der Waals surface area (Å²) >= 11 is 6.21. The Morgan fingerprint density at radius 3 is 2.79 bits per heavy atom. The highest BCUT2D eigenvalue weighted by atomic mass is 35.5. The van der Waals surface area contributed by atoms with E-state index in [0.717, 1.165) is 6.42 Å². The van der Waals surface area contributed by atoms with Gasteiger partial charge in [-0.15, -0.1) is 0 Å². The van der Waals surface area contributed by atoms with Gasteiger partial charge in [-0.25, -0.2) is 19.7 Å². The molecule has 0 unspecified atom stereocenters. The molecule has 0 bridgehead atoms. The van der Waals surface area contributed by atoms with E-state index in [1.54, 1.807) is 19.1 Å². The first kappa shape index (κ1) is 18.2. The number of halogens is 1. The Bertz CT molecular complexity index is 1120. The minimum atomic E-state index is -0.515. The molecule has 0 fully saturated rings. The zero-order chi connectivity index (χ0) is 19.5. The second-order valence-corrected chi connectivity index (χ2v) is 6.40. The van der Waals surface area contributed by atoms with Crippen LogP contribution in [0.2, 0.25) is 5.15 Å². The van der Waals surface area contributed by atoms with Crippen LogP contribution in [0.1, 0.15) is 23.0 Å². The number of esters is 1. The van der Waals surface area contributed by atoms with Crippen LogP contribution < -0.4 is 0 Å². The average molecular weight is 397 g/mol. The number of ether oxygens (including phenoxy) is 1. The Morgan fingerprint density at radius 1 is 1.18 bits per heavy atom. The van der Waals surface area contributed by atoms with E-state index in [1.807, 2.05) is 22.8 Å². The summed E-state index contributed by atoms with van der Waals surface area (Å²) in [5.74, 6) is 0.572. The van der Waals surface area contributed by atoms with Crippen molar-refractivity contribution in [3.05, 3.63) is 65.3 Å². The van der Waals surface area contributed by atoms with Crippen LogP contribution in [-0.4, -0.2) is 32.1 Å². The zero-order valence-electron chi connectivity index (χ0n) is 15.1. The van der Waals surface area contributed by atoms with E-state index in [9.17, 15) is 4.79 Å². The number of hydrogen-bond donors (Lipinski definition) is 0. The first-order chi connectivity index (χ1) is 13.7. The lowest BCUT2D eigenvalue weighted by molar-refractivity contribution is 0.0491. The molecule has 8 heteroatoms. The molecule has 0 aliphatic heterocycles. The van der Waals surface area contributed by atoms with Crippen LogP contribution in [-0.2, 0) is 17.7 Å². The fraction of sp³-hybridized carbons (Fsp3) is 0.200. The first-order valence-corrected chi connectivity index (χ1v) is 9.23.